The number of hydrogen-bond donors (Lipinski definition) is 3. The molecule has 19 heavy (non-hydrogen) atoms. The quantitative estimate of drug-likeness (QED) is 0.280. The zero-order chi connectivity index (χ0) is 13.2. The first kappa shape index (κ1) is 11.2. The highest BCUT2D eigenvalue weighted by Gasteiger charge is 2.07. The molecule has 0 aliphatic heterocycles. The van der Waals surface area contributed by atoms with Gasteiger partial charge in [-0.3, -0.25) is 4.98 Å². The lowest BCUT2D eigenvalue weighted by atomic mass is 10.2. The van der Waals surface area contributed by atoms with E-state index in [0.717, 1.165) is 16.7 Å². The van der Waals surface area contributed by atoms with Gasteiger partial charge in [0.15, 0.2) is 11.7 Å². The standard InChI is InChI=1S/C13H11N5O/c14-12(18-19)8-4-5-9-11(7-8)17-13(16-9)10-3-1-2-6-15-10/h1-7,19H,(H2,14,18)(H,16,17). The van der Waals surface area contributed by atoms with Crippen LogP contribution in [0.5, 0.6) is 0 Å². The van der Waals surface area contributed by atoms with Crippen LogP contribution in [0.25, 0.3) is 22.6 Å². The Morgan fingerprint density at radius 1 is 1.26 bits per heavy atom. The molecule has 0 aliphatic carbocycles. The van der Waals surface area contributed by atoms with Crippen molar-refractivity contribution in [2.75, 3.05) is 0 Å². The van der Waals surface area contributed by atoms with Crippen LogP contribution >= 0.6 is 0 Å². The third-order valence-corrected chi connectivity index (χ3v) is 2.79. The molecule has 6 heteroatoms. The fourth-order valence-electron chi connectivity index (χ4n) is 1.85. The highest BCUT2D eigenvalue weighted by Crippen LogP contribution is 2.19. The minimum atomic E-state index is 0.0656. The number of H-pyrrole nitrogens is 1. The molecule has 2 heterocycles. The monoisotopic (exact) mass is 253 g/mol. The van der Waals surface area contributed by atoms with Gasteiger partial charge in [0.2, 0.25) is 0 Å². The maximum atomic E-state index is 8.67. The van der Waals surface area contributed by atoms with Crippen LogP contribution in [0.4, 0.5) is 0 Å². The molecule has 0 bridgehead atoms. The number of imidazole rings is 1. The van der Waals surface area contributed by atoms with Gasteiger partial charge in [-0.25, -0.2) is 4.98 Å². The van der Waals surface area contributed by atoms with Crippen molar-refractivity contribution in [3.05, 3.63) is 48.2 Å². The lowest BCUT2D eigenvalue weighted by Gasteiger charge is -1.97. The molecule has 0 spiro atoms. The molecule has 6 nitrogen and oxygen atoms in total. The van der Waals surface area contributed by atoms with E-state index in [9.17, 15) is 0 Å². The second-order valence-electron chi connectivity index (χ2n) is 4.02. The summed E-state index contributed by atoms with van der Waals surface area (Å²) in [7, 11) is 0. The number of nitrogens with one attached hydrogen (secondary N) is 1. The lowest BCUT2D eigenvalue weighted by molar-refractivity contribution is 0.318. The molecule has 3 aromatic rings. The summed E-state index contributed by atoms with van der Waals surface area (Å²) in [6, 6.07) is 11.0. The SMILES string of the molecule is NC(=NO)c1ccc2nc(-c3ccccn3)[nH]c2c1. The summed E-state index contributed by atoms with van der Waals surface area (Å²) in [5.41, 5.74) is 8.57. The van der Waals surface area contributed by atoms with Gasteiger partial charge < -0.3 is 15.9 Å². The largest absolute Gasteiger partial charge is 0.409 e. The second kappa shape index (κ2) is 4.41. The van der Waals surface area contributed by atoms with Crippen molar-refractivity contribution < 1.29 is 5.21 Å². The predicted molar refractivity (Wildman–Crippen MR) is 71.8 cm³/mol. The van der Waals surface area contributed by atoms with Crippen molar-refractivity contribution in [1.29, 1.82) is 0 Å². The Kier molecular flexibility index (Phi) is 2.60. The fourth-order valence-corrected chi connectivity index (χ4v) is 1.85. The number of benzene rings is 1. The number of aromatic nitrogens is 3. The number of rotatable bonds is 2. The highest BCUT2D eigenvalue weighted by atomic mass is 16.4. The minimum absolute atomic E-state index is 0.0656. The van der Waals surface area contributed by atoms with Crippen molar-refractivity contribution in [3.63, 3.8) is 0 Å². The minimum Gasteiger partial charge on any atom is -0.409 e. The topological polar surface area (TPSA) is 100 Å². The van der Waals surface area contributed by atoms with Crippen LogP contribution in [0, 0.1) is 0 Å². The number of fused-ring (bicyclic) bond motifs is 1. The summed E-state index contributed by atoms with van der Waals surface area (Å²) in [6.07, 6.45) is 1.71. The number of nitrogens with zero attached hydrogens (tertiary/aromatic N) is 3. The summed E-state index contributed by atoms with van der Waals surface area (Å²) in [5, 5.41) is 11.6. The molecule has 0 unspecified atom stereocenters. The third kappa shape index (κ3) is 1.99. The summed E-state index contributed by atoms with van der Waals surface area (Å²) >= 11 is 0. The van der Waals surface area contributed by atoms with Gasteiger partial charge in [0.25, 0.3) is 0 Å². The molecule has 4 N–H and O–H groups in total. The molecule has 0 radical (unpaired) electrons. The average molecular weight is 253 g/mol. The van der Waals surface area contributed by atoms with Gasteiger partial charge in [0.1, 0.15) is 5.69 Å². The molecule has 94 valence electrons. The van der Waals surface area contributed by atoms with Crippen molar-refractivity contribution >= 4 is 16.9 Å². The zero-order valence-corrected chi connectivity index (χ0v) is 9.91. The van der Waals surface area contributed by atoms with Crippen molar-refractivity contribution in [3.8, 4) is 11.5 Å². The highest BCUT2D eigenvalue weighted by molar-refractivity contribution is 5.99. The summed E-state index contributed by atoms with van der Waals surface area (Å²) in [4.78, 5) is 11.8. The second-order valence-corrected chi connectivity index (χ2v) is 4.02. The molecule has 0 saturated heterocycles. The number of pyridine rings is 1. The van der Waals surface area contributed by atoms with Crippen LogP contribution in [0.15, 0.2) is 47.8 Å². The Morgan fingerprint density at radius 2 is 2.16 bits per heavy atom. The van der Waals surface area contributed by atoms with Gasteiger partial charge in [0.05, 0.1) is 11.0 Å². The zero-order valence-electron chi connectivity index (χ0n) is 9.91. The molecular formula is C13H11N5O. The van der Waals surface area contributed by atoms with Crippen LogP contribution < -0.4 is 5.73 Å². The lowest BCUT2D eigenvalue weighted by Crippen LogP contribution is -2.12. The smallest absolute Gasteiger partial charge is 0.170 e. The van der Waals surface area contributed by atoms with Crippen LogP contribution in [0.3, 0.4) is 0 Å². The number of oxime groups is 1. The first-order valence-corrected chi connectivity index (χ1v) is 5.67. The summed E-state index contributed by atoms with van der Waals surface area (Å²) < 4.78 is 0. The van der Waals surface area contributed by atoms with Crippen molar-refractivity contribution in [2.45, 2.75) is 0 Å². The van der Waals surface area contributed by atoms with E-state index < -0.39 is 0 Å². The number of amidine groups is 1. The normalized spacial score (nSPS) is 11.9. The van der Waals surface area contributed by atoms with Gasteiger partial charge >= 0.3 is 0 Å². The van der Waals surface area contributed by atoms with E-state index in [1.807, 2.05) is 24.3 Å². The molecule has 1 aromatic carbocycles. The molecule has 2 aromatic heterocycles. The number of aromatic amines is 1. The Bertz CT molecular complexity index is 748. The maximum Gasteiger partial charge on any atom is 0.170 e. The van der Waals surface area contributed by atoms with E-state index in [0.29, 0.717) is 11.4 Å². The Labute approximate surface area is 108 Å². The van der Waals surface area contributed by atoms with Gasteiger partial charge in [-0.1, -0.05) is 11.2 Å². The van der Waals surface area contributed by atoms with Crippen LogP contribution in [0.1, 0.15) is 5.56 Å². The molecule has 0 amide bonds. The fraction of sp³-hybridized carbons (Fsp3) is 0. The van der Waals surface area contributed by atoms with Crippen molar-refractivity contribution in [1.82, 2.24) is 15.0 Å². The predicted octanol–water partition coefficient (Wildman–Crippen LogP) is 1.72. The van der Waals surface area contributed by atoms with Gasteiger partial charge in [-0.15, -0.1) is 0 Å². The van der Waals surface area contributed by atoms with Crippen LogP contribution in [0.2, 0.25) is 0 Å². The van der Waals surface area contributed by atoms with E-state index in [4.69, 9.17) is 10.9 Å². The molecule has 0 fully saturated rings. The third-order valence-electron chi connectivity index (χ3n) is 2.79. The van der Waals surface area contributed by atoms with Crippen molar-refractivity contribution in [2.24, 2.45) is 10.9 Å². The average Bonchev–Trinajstić information content (AvgIpc) is 2.90. The number of hydrogen-bond acceptors (Lipinski definition) is 4. The van der Waals surface area contributed by atoms with E-state index >= 15 is 0 Å². The molecule has 3 rings (SSSR count). The Hall–Kier alpha value is -2.89. The first-order valence-electron chi connectivity index (χ1n) is 5.67. The molecule has 0 saturated carbocycles. The molecule has 0 aliphatic rings. The van der Waals surface area contributed by atoms with Gasteiger partial charge in [0, 0.05) is 11.8 Å². The van der Waals surface area contributed by atoms with E-state index in [1.54, 1.807) is 18.3 Å². The van der Waals surface area contributed by atoms with E-state index in [2.05, 4.69) is 20.1 Å². The summed E-state index contributed by atoms with van der Waals surface area (Å²) in [5.74, 6) is 0.753. The Balaban J connectivity index is 2.11. The first-order chi connectivity index (χ1) is 9.28. The molecular weight excluding hydrogens is 242 g/mol. The Morgan fingerprint density at radius 3 is 2.89 bits per heavy atom. The van der Waals surface area contributed by atoms with Gasteiger partial charge in [-0.05, 0) is 30.3 Å². The van der Waals surface area contributed by atoms with E-state index in [-0.39, 0.29) is 5.84 Å². The van der Waals surface area contributed by atoms with Crippen LogP contribution in [-0.2, 0) is 0 Å². The molecule has 0 atom stereocenters. The maximum absolute atomic E-state index is 8.67. The van der Waals surface area contributed by atoms with E-state index in [1.165, 1.54) is 0 Å². The number of nitrogens with two attached hydrogens (primary N) is 1. The summed E-state index contributed by atoms with van der Waals surface area (Å²) in [6.45, 7) is 0. The van der Waals surface area contributed by atoms with Crippen LogP contribution in [-0.4, -0.2) is 26.0 Å². The van der Waals surface area contributed by atoms with Gasteiger partial charge in [-0.2, -0.15) is 0 Å².